The first-order valence-electron chi connectivity index (χ1n) is 10.3. The van der Waals surface area contributed by atoms with E-state index in [4.69, 9.17) is 4.74 Å². The molecular weight excluding hydrogens is 370 g/mol. The number of rotatable bonds is 4. The number of piperidine rings is 1. The highest BCUT2D eigenvalue weighted by molar-refractivity contribution is 6.44. The minimum Gasteiger partial charge on any atom is -0.378 e. The van der Waals surface area contributed by atoms with Crippen LogP contribution in [0.5, 0.6) is 0 Å². The van der Waals surface area contributed by atoms with Gasteiger partial charge in [-0.2, -0.15) is 0 Å². The van der Waals surface area contributed by atoms with Crippen LogP contribution in [0.4, 0.5) is 0 Å². The fourth-order valence-corrected chi connectivity index (χ4v) is 4.25. The van der Waals surface area contributed by atoms with Crippen molar-refractivity contribution in [2.24, 2.45) is 5.92 Å². The SMILES string of the molecule is C[C@H]1CCCN(C(=O)C(=O)c2cn(CC(=O)N3CCOCC3)c3ccccc23)C1. The minimum atomic E-state index is -0.493. The number of para-hydroxylation sites is 1. The number of ketones is 1. The van der Waals surface area contributed by atoms with E-state index in [1.54, 1.807) is 20.6 Å². The maximum Gasteiger partial charge on any atom is 0.295 e. The van der Waals surface area contributed by atoms with Crippen molar-refractivity contribution in [1.82, 2.24) is 14.4 Å². The summed E-state index contributed by atoms with van der Waals surface area (Å²) in [5, 5.41) is 0.714. The van der Waals surface area contributed by atoms with Gasteiger partial charge in [0, 0.05) is 43.3 Å². The first kappa shape index (κ1) is 19.6. The van der Waals surface area contributed by atoms with Gasteiger partial charge in [-0.1, -0.05) is 25.1 Å². The Kier molecular flexibility index (Phi) is 5.67. The van der Waals surface area contributed by atoms with Crippen LogP contribution in [0.2, 0.25) is 0 Å². The van der Waals surface area contributed by atoms with Crippen molar-refractivity contribution in [2.45, 2.75) is 26.3 Å². The number of aromatic nitrogens is 1. The lowest BCUT2D eigenvalue weighted by atomic mass is 9.99. The number of morpholine rings is 1. The highest BCUT2D eigenvalue weighted by Crippen LogP contribution is 2.24. The molecule has 0 unspecified atom stereocenters. The van der Waals surface area contributed by atoms with Crippen LogP contribution in [0.25, 0.3) is 10.9 Å². The zero-order valence-electron chi connectivity index (χ0n) is 16.8. The number of Topliss-reactive ketones (excluding diaryl/α,β-unsaturated/α-hetero) is 1. The van der Waals surface area contributed by atoms with E-state index in [-0.39, 0.29) is 12.5 Å². The summed E-state index contributed by atoms with van der Waals surface area (Å²) in [7, 11) is 0. The molecule has 2 aliphatic rings. The second kappa shape index (κ2) is 8.37. The van der Waals surface area contributed by atoms with Gasteiger partial charge in [0.2, 0.25) is 5.91 Å². The third-order valence-corrected chi connectivity index (χ3v) is 5.84. The first-order valence-corrected chi connectivity index (χ1v) is 10.3. The van der Waals surface area contributed by atoms with E-state index in [1.807, 2.05) is 24.3 Å². The van der Waals surface area contributed by atoms with Gasteiger partial charge in [0.25, 0.3) is 11.7 Å². The number of hydrogen-bond acceptors (Lipinski definition) is 4. The number of nitrogens with zero attached hydrogens (tertiary/aromatic N) is 3. The molecule has 0 aliphatic carbocycles. The molecule has 29 heavy (non-hydrogen) atoms. The number of amides is 2. The van der Waals surface area contributed by atoms with Crippen LogP contribution < -0.4 is 0 Å². The zero-order valence-corrected chi connectivity index (χ0v) is 16.8. The Bertz CT molecular complexity index is 929. The van der Waals surface area contributed by atoms with E-state index < -0.39 is 11.7 Å². The highest BCUT2D eigenvalue weighted by atomic mass is 16.5. The molecule has 3 heterocycles. The maximum absolute atomic E-state index is 13.0. The predicted octanol–water partition coefficient (Wildman–Crippen LogP) is 1.94. The van der Waals surface area contributed by atoms with Crippen molar-refractivity contribution in [2.75, 3.05) is 39.4 Å². The molecule has 1 aromatic carbocycles. The van der Waals surface area contributed by atoms with Gasteiger partial charge in [0.05, 0.1) is 18.8 Å². The van der Waals surface area contributed by atoms with Gasteiger partial charge < -0.3 is 19.1 Å². The van der Waals surface area contributed by atoms with Gasteiger partial charge >= 0.3 is 0 Å². The smallest absolute Gasteiger partial charge is 0.295 e. The normalized spacial score (nSPS) is 20.1. The number of carbonyl (C=O) groups excluding carboxylic acids is 3. The van der Waals surface area contributed by atoms with Gasteiger partial charge in [-0.05, 0) is 24.8 Å². The number of ether oxygens (including phenoxy) is 1. The fourth-order valence-electron chi connectivity index (χ4n) is 4.25. The van der Waals surface area contributed by atoms with E-state index in [2.05, 4.69) is 6.92 Å². The molecule has 1 aromatic heterocycles. The highest BCUT2D eigenvalue weighted by Gasteiger charge is 2.29. The Morgan fingerprint density at radius 2 is 1.83 bits per heavy atom. The molecule has 7 heteroatoms. The molecule has 0 radical (unpaired) electrons. The quantitative estimate of drug-likeness (QED) is 0.584. The van der Waals surface area contributed by atoms with Gasteiger partial charge in [-0.15, -0.1) is 0 Å². The molecule has 2 aromatic rings. The summed E-state index contributed by atoms with van der Waals surface area (Å²) in [6, 6.07) is 7.44. The van der Waals surface area contributed by atoms with E-state index in [0.717, 1.165) is 18.4 Å². The van der Waals surface area contributed by atoms with Crippen molar-refractivity contribution in [3.05, 3.63) is 36.0 Å². The Morgan fingerprint density at radius 1 is 1.07 bits per heavy atom. The number of likely N-dealkylation sites (tertiary alicyclic amines) is 1. The lowest BCUT2D eigenvalue weighted by molar-refractivity contribution is -0.135. The van der Waals surface area contributed by atoms with Crippen LogP contribution in [0.15, 0.2) is 30.5 Å². The molecule has 2 saturated heterocycles. The van der Waals surface area contributed by atoms with Crippen molar-refractivity contribution in [1.29, 1.82) is 0 Å². The topological polar surface area (TPSA) is 71.9 Å². The Balaban J connectivity index is 1.59. The molecule has 0 bridgehead atoms. The van der Waals surface area contributed by atoms with E-state index >= 15 is 0 Å². The minimum absolute atomic E-state index is 0.00997. The second-order valence-electron chi connectivity index (χ2n) is 8.01. The Hall–Kier alpha value is -2.67. The average molecular weight is 397 g/mol. The van der Waals surface area contributed by atoms with Crippen molar-refractivity contribution in [3.63, 3.8) is 0 Å². The molecule has 0 spiro atoms. The molecule has 154 valence electrons. The van der Waals surface area contributed by atoms with Crippen LogP contribution in [-0.2, 0) is 20.9 Å². The summed E-state index contributed by atoms with van der Waals surface area (Å²) in [5.74, 6) is -0.538. The Morgan fingerprint density at radius 3 is 2.59 bits per heavy atom. The number of hydrogen-bond donors (Lipinski definition) is 0. The van der Waals surface area contributed by atoms with Gasteiger partial charge in [-0.3, -0.25) is 14.4 Å². The van der Waals surface area contributed by atoms with Gasteiger partial charge in [0.15, 0.2) is 0 Å². The van der Waals surface area contributed by atoms with Crippen molar-refractivity contribution >= 4 is 28.5 Å². The van der Waals surface area contributed by atoms with E-state index in [1.165, 1.54) is 0 Å². The largest absolute Gasteiger partial charge is 0.378 e. The third kappa shape index (κ3) is 4.05. The molecule has 2 aliphatic heterocycles. The molecular formula is C22H27N3O4. The van der Waals surface area contributed by atoms with Crippen LogP contribution in [-0.4, -0.2) is 71.4 Å². The summed E-state index contributed by atoms with van der Waals surface area (Å²) in [6.45, 7) is 5.75. The van der Waals surface area contributed by atoms with E-state index in [9.17, 15) is 14.4 Å². The lowest BCUT2D eigenvalue weighted by Gasteiger charge is -2.30. The number of fused-ring (bicyclic) bond motifs is 1. The average Bonchev–Trinajstić information content (AvgIpc) is 3.12. The van der Waals surface area contributed by atoms with Crippen molar-refractivity contribution < 1.29 is 19.1 Å². The maximum atomic E-state index is 13.0. The molecule has 0 saturated carbocycles. The monoisotopic (exact) mass is 397 g/mol. The van der Waals surface area contributed by atoms with Crippen LogP contribution in [0, 0.1) is 5.92 Å². The lowest BCUT2D eigenvalue weighted by Crippen LogP contribution is -2.42. The zero-order chi connectivity index (χ0) is 20.4. The third-order valence-electron chi connectivity index (χ3n) is 5.84. The molecule has 7 nitrogen and oxygen atoms in total. The standard InChI is InChI=1S/C22H27N3O4/c1-16-5-4-8-24(13-16)22(28)21(27)18-14-25(19-7-3-2-6-17(18)19)15-20(26)23-9-11-29-12-10-23/h2-3,6-7,14,16H,4-5,8-13,15H2,1H3/t16-/m0/s1. The summed E-state index contributed by atoms with van der Waals surface area (Å²) >= 11 is 0. The fraction of sp³-hybridized carbons (Fsp3) is 0.500. The van der Waals surface area contributed by atoms with Crippen molar-refractivity contribution in [3.8, 4) is 0 Å². The Labute approximate surface area is 170 Å². The number of carbonyl (C=O) groups is 3. The van der Waals surface area contributed by atoms with Crippen LogP contribution >= 0.6 is 0 Å². The van der Waals surface area contributed by atoms with Crippen LogP contribution in [0.3, 0.4) is 0 Å². The molecule has 1 atom stereocenters. The second-order valence-corrected chi connectivity index (χ2v) is 8.01. The summed E-state index contributed by atoms with van der Waals surface area (Å²) in [4.78, 5) is 42.0. The van der Waals surface area contributed by atoms with E-state index in [0.29, 0.717) is 56.3 Å². The molecule has 2 amide bonds. The summed E-state index contributed by atoms with van der Waals surface area (Å²) in [5.41, 5.74) is 1.16. The molecule has 2 fully saturated rings. The summed E-state index contributed by atoms with van der Waals surface area (Å²) < 4.78 is 7.09. The first-order chi connectivity index (χ1) is 14.0. The predicted molar refractivity (Wildman–Crippen MR) is 109 cm³/mol. The van der Waals surface area contributed by atoms with Crippen LogP contribution in [0.1, 0.15) is 30.1 Å². The number of benzene rings is 1. The molecule has 0 N–H and O–H groups in total. The van der Waals surface area contributed by atoms with Gasteiger partial charge in [-0.25, -0.2) is 0 Å². The van der Waals surface area contributed by atoms with Gasteiger partial charge in [0.1, 0.15) is 6.54 Å². The molecule has 4 rings (SSSR count). The summed E-state index contributed by atoms with van der Waals surface area (Å²) in [6.07, 6.45) is 3.67.